The van der Waals surface area contributed by atoms with Crippen LogP contribution in [0.1, 0.15) is 22.6 Å². The summed E-state index contributed by atoms with van der Waals surface area (Å²) in [5, 5.41) is 4.55. The van der Waals surface area contributed by atoms with Gasteiger partial charge in [0, 0.05) is 38.6 Å². The number of furan rings is 2. The van der Waals surface area contributed by atoms with Gasteiger partial charge in [-0.2, -0.15) is 0 Å². The van der Waals surface area contributed by atoms with E-state index in [-0.39, 0.29) is 5.92 Å². The van der Waals surface area contributed by atoms with Crippen molar-refractivity contribution in [2.45, 2.75) is 5.92 Å². The molecule has 2 heteroatoms. The minimum absolute atomic E-state index is 0.0108. The molecule has 13 rings (SSSR count). The fourth-order valence-electron chi connectivity index (χ4n) is 10.3. The molecule has 13 aromatic rings. The predicted octanol–water partition coefficient (Wildman–Crippen LogP) is 18.7. The highest BCUT2D eigenvalue weighted by Gasteiger charge is 2.19. The second kappa shape index (κ2) is 17.0. The summed E-state index contributed by atoms with van der Waals surface area (Å²) in [7, 11) is 0. The molecule has 324 valence electrons. The van der Waals surface area contributed by atoms with Crippen LogP contribution in [0.15, 0.2) is 270 Å². The van der Waals surface area contributed by atoms with Crippen molar-refractivity contribution >= 4 is 43.9 Å². The molecular weight excluding hydrogens is 837 g/mol. The zero-order valence-corrected chi connectivity index (χ0v) is 37.7. The van der Waals surface area contributed by atoms with Gasteiger partial charge in [-0.1, -0.05) is 237 Å². The molecule has 0 aliphatic heterocycles. The van der Waals surface area contributed by atoms with E-state index in [2.05, 4.69) is 237 Å². The van der Waals surface area contributed by atoms with E-state index in [9.17, 15) is 0 Å². The average Bonchev–Trinajstić information content (AvgIpc) is 4.01. The normalized spacial score (nSPS) is 11.6. The molecule has 0 amide bonds. The largest absolute Gasteiger partial charge is 0.455 e. The number of para-hydroxylation sites is 4. The maximum absolute atomic E-state index is 6.44. The summed E-state index contributed by atoms with van der Waals surface area (Å²) in [4.78, 5) is 0. The Bertz CT molecular complexity index is 3770. The summed E-state index contributed by atoms with van der Waals surface area (Å²) in [5.41, 5.74) is 21.3. The van der Waals surface area contributed by atoms with E-state index in [1.54, 1.807) is 0 Å². The Morgan fingerprint density at radius 3 is 0.957 bits per heavy atom. The third kappa shape index (κ3) is 7.40. The second-order valence-electron chi connectivity index (χ2n) is 18.0. The molecule has 0 unspecified atom stereocenters. The summed E-state index contributed by atoms with van der Waals surface area (Å²) in [5.74, 6) is 0.0108. The lowest BCUT2D eigenvalue weighted by Gasteiger charge is -2.20. The Hall–Kier alpha value is -8.98. The van der Waals surface area contributed by atoms with Gasteiger partial charge in [0.2, 0.25) is 0 Å². The molecular formula is C67H44O2. The lowest BCUT2D eigenvalue weighted by atomic mass is 9.83. The number of benzene rings is 11. The van der Waals surface area contributed by atoms with Gasteiger partial charge >= 0.3 is 0 Å². The molecule has 69 heavy (non-hydrogen) atoms. The highest BCUT2D eigenvalue weighted by molar-refractivity contribution is 6.10. The Morgan fingerprint density at radius 2 is 0.522 bits per heavy atom. The van der Waals surface area contributed by atoms with Crippen molar-refractivity contribution in [2.75, 3.05) is 0 Å². The molecule has 0 bridgehead atoms. The van der Waals surface area contributed by atoms with Crippen LogP contribution in [-0.2, 0) is 0 Å². The van der Waals surface area contributed by atoms with Gasteiger partial charge in [0.15, 0.2) is 0 Å². The van der Waals surface area contributed by atoms with Crippen molar-refractivity contribution in [3.05, 3.63) is 278 Å². The van der Waals surface area contributed by atoms with Gasteiger partial charge in [-0.05, 0) is 96.6 Å². The SMILES string of the molecule is c1ccc(-c2ccc(-c3ccc(C(c4ccc(-c5cccc(-c6cccc7c6oc6ccccc67)c5)cc4)c4ccc(-c5cccc(-c6cccc7c6oc6ccccc67)c5)cc4)cc3)cc2)cc1. The van der Waals surface area contributed by atoms with Gasteiger partial charge in [0.05, 0.1) is 0 Å². The summed E-state index contributed by atoms with van der Waals surface area (Å²) in [6.45, 7) is 0. The smallest absolute Gasteiger partial charge is 0.143 e. The number of fused-ring (bicyclic) bond motifs is 6. The van der Waals surface area contributed by atoms with E-state index in [0.29, 0.717) is 0 Å². The molecule has 2 heterocycles. The molecule has 2 nitrogen and oxygen atoms in total. The summed E-state index contributed by atoms with van der Waals surface area (Å²) in [6.07, 6.45) is 0. The van der Waals surface area contributed by atoms with Crippen LogP contribution in [0, 0.1) is 0 Å². The summed E-state index contributed by atoms with van der Waals surface area (Å²) >= 11 is 0. The van der Waals surface area contributed by atoms with Crippen molar-refractivity contribution in [2.24, 2.45) is 0 Å². The Labute approximate surface area is 401 Å². The predicted molar refractivity (Wildman–Crippen MR) is 287 cm³/mol. The highest BCUT2D eigenvalue weighted by atomic mass is 16.3. The molecule has 0 fully saturated rings. The zero-order chi connectivity index (χ0) is 45.7. The molecule has 0 atom stereocenters. The maximum atomic E-state index is 6.44. The first-order valence-corrected chi connectivity index (χ1v) is 23.7. The average molecular weight is 881 g/mol. The van der Waals surface area contributed by atoms with E-state index in [4.69, 9.17) is 8.83 Å². The first-order chi connectivity index (χ1) is 34.2. The number of hydrogen-bond donors (Lipinski definition) is 0. The molecule has 0 radical (unpaired) electrons. The fourth-order valence-corrected chi connectivity index (χ4v) is 10.3. The van der Waals surface area contributed by atoms with E-state index in [0.717, 1.165) is 77.3 Å². The third-order valence-electron chi connectivity index (χ3n) is 13.9. The molecule has 0 saturated heterocycles. The highest BCUT2D eigenvalue weighted by Crippen LogP contribution is 2.41. The maximum Gasteiger partial charge on any atom is 0.143 e. The molecule has 0 saturated carbocycles. The van der Waals surface area contributed by atoms with Crippen LogP contribution in [0.4, 0.5) is 0 Å². The van der Waals surface area contributed by atoms with Gasteiger partial charge in [-0.3, -0.25) is 0 Å². The van der Waals surface area contributed by atoms with Crippen LogP contribution in [-0.4, -0.2) is 0 Å². The van der Waals surface area contributed by atoms with Gasteiger partial charge in [0.25, 0.3) is 0 Å². The van der Waals surface area contributed by atoms with Crippen molar-refractivity contribution in [1.29, 1.82) is 0 Å². The Kier molecular flexibility index (Phi) is 9.95. The third-order valence-corrected chi connectivity index (χ3v) is 13.9. The van der Waals surface area contributed by atoms with E-state index in [1.165, 1.54) is 50.1 Å². The molecule has 0 spiro atoms. The van der Waals surface area contributed by atoms with Crippen LogP contribution in [0.5, 0.6) is 0 Å². The molecule has 0 aliphatic carbocycles. The van der Waals surface area contributed by atoms with Gasteiger partial charge in [-0.25, -0.2) is 0 Å². The first-order valence-electron chi connectivity index (χ1n) is 23.7. The minimum atomic E-state index is 0.0108. The molecule has 2 aromatic heterocycles. The molecule has 0 N–H and O–H groups in total. The molecule has 11 aromatic carbocycles. The van der Waals surface area contributed by atoms with Crippen LogP contribution >= 0.6 is 0 Å². The van der Waals surface area contributed by atoms with Crippen molar-refractivity contribution in [1.82, 2.24) is 0 Å². The number of rotatable bonds is 9. The van der Waals surface area contributed by atoms with Crippen molar-refractivity contribution in [3.63, 3.8) is 0 Å². The fraction of sp³-hybridized carbons (Fsp3) is 0.0149. The van der Waals surface area contributed by atoms with Gasteiger partial charge in [0.1, 0.15) is 22.3 Å². The zero-order valence-electron chi connectivity index (χ0n) is 37.7. The van der Waals surface area contributed by atoms with Crippen LogP contribution in [0.2, 0.25) is 0 Å². The van der Waals surface area contributed by atoms with Crippen molar-refractivity contribution < 1.29 is 8.83 Å². The Morgan fingerprint density at radius 1 is 0.217 bits per heavy atom. The van der Waals surface area contributed by atoms with E-state index < -0.39 is 0 Å². The topological polar surface area (TPSA) is 26.3 Å². The second-order valence-corrected chi connectivity index (χ2v) is 18.0. The summed E-state index contributed by atoms with van der Waals surface area (Å²) < 4.78 is 12.9. The van der Waals surface area contributed by atoms with Crippen LogP contribution in [0.3, 0.4) is 0 Å². The van der Waals surface area contributed by atoms with Crippen LogP contribution < -0.4 is 0 Å². The van der Waals surface area contributed by atoms with E-state index >= 15 is 0 Å². The van der Waals surface area contributed by atoms with E-state index in [1.807, 2.05) is 24.3 Å². The van der Waals surface area contributed by atoms with Gasteiger partial charge < -0.3 is 8.83 Å². The first kappa shape index (κ1) is 40.3. The standard InChI is InChI=1S/C67H44O2/c1-2-12-44(13-3-1)45-26-28-46(29-27-45)47-30-36-50(37-31-47)65(51-38-32-48(33-39-51)53-14-8-16-55(42-53)57-20-10-22-61-59-18-4-6-24-63(59)68-66(57)61)52-40-34-49(35-41-52)54-15-9-17-56(43-54)58-21-11-23-62-60-19-5-7-25-64(60)69-67(58)62/h1-43,65H. The van der Waals surface area contributed by atoms with Crippen LogP contribution in [0.25, 0.3) is 111 Å². The number of hydrogen-bond acceptors (Lipinski definition) is 2. The van der Waals surface area contributed by atoms with Gasteiger partial charge in [-0.15, -0.1) is 0 Å². The lowest BCUT2D eigenvalue weighted by molar-refractivity contribution is 0.669. The summed E-state index contributed by atoms with van der Waals surface area (Å²) in [6, 6.07) is 93.9. The minimum Gasteiger partial charge on any atom is -0.455 e. The molecule has 0 aliphatic rings. The Balaban J connectivity index is 0.841. The monoisotopic (exact) mass is 880 g/mol. The lowest BCUT2D eigenvalue weighted by Crippen LogP contribution is -2.03. The quantitative estimate of drug-likeness (QED) is 0.135. The van der Waals surface area contributed by atoms with Crippen molar-refractivity contribution in [3.8, 4) is 66.8 Å².